The first-order valence-electron chi connectivity index (χ1n) is 17.5. The van der Waals surface area contributed by atoms with E-state index in [-0.39, 0.29) is 5.92 Å². The van der Waals surface area contributed by atoms with E-state index in [1.807, 2.05) is 22.7 Å². The minimum absolute atomic E-state index is 0.261. The van der Waals surface area contributed by atoms with Gasteiger partial charge < -0.3 is 4.90 Å². The van der Waals surface area contributed by atoms with Crippen LogP contribution in [0.25, 0.3) is 62.6 Å². The van der Waals surface area contributed by atoms with Gasteiger partial charge in [0.1, 0.15) is 0 Å². The highest BCUT2D eigenvalue weighted by Crippen LogP contribution is 2.44. The van der Waals surface area contributed by atoms with E-state index in [0.717, 1.165) is 17.8 Å². The highest BCUT2D eigenvalue weighted by Gasteiger charge is 2.22. The van der Waals surface area contributed by atoms with Crippen molar-refractivity contribution in [2.24, 2.45) is 0 Å². The largest absolute Gasteiger partial charge is 0.311 e. The van der Waals surface area contributed by atoms with Gasteiger partial charge in [0.2, 0.25) is 0 Å². The third-order valence-electron chi connectivity index (χ3n) is 10.2. The topological polar surface area (TPSA) is 3.24 Å². The zero-order valence-corrected chi connectivity index (χ0v) is 29.5. The van der Waals surface area contributed by atoms with E-state index < -0.39 is 0 Å². The summed E-state index contributed by atoms with van der Waals surface area (Å²) in [5, 5.41) is 5.35. The van der Waals surface area contributed by atoms with Crippen LogP contribution >= 0.6 is 22.7 Å². The number of fused-ring (bicyclic) bond motifs is 6. The van der Waals surface area contributed by atoms with Crippen LogP contribution in [0.1, 0.15) is 17.9 Å². The van der Waals surface area contributed by atoms with Gasteiger partial charge in [-0.05, 0) is 76.7 Å². The lowest BCUT2D eigenvalue weighted by Crippen LogP contribution is -2.18. The highest BCUT2D eigenvalue weighted by molar-refractivity contribution is 7.26. The molecule has 2 aromatic heterocycles. The maximum absolute atomic E-state index is 2.49. The lowest BCUT2D eigenvalue weighted by molar-refractivity contribution is 0.846. The smallest absolute Gasteiger partial charge is 0.0467 e. The van der Waals surface area contributed by atoms with Crippen LogP contribution in [0, 0.1) is 0 Å². The van der Waals surface area contributed by atoms with Crippen molar-refractivity contribution in [3.8, 4) is 22.3 Å². The molecule has 1 atom stereocenters. The van der Waals surface area contributed by atoms with Crippen LogP contribution in [0.5, 0.6) is 0 Å². The molecule has 0 aliphatic heterocycles. The van der Waals surface area contributed by atoms with Gasteiger partial charge in [0.25, 0.3) is 0 Å². The molecule has 0 bridgehead atoms. The third-order valence-corrected chi connectivity index (χ3v) is 12.6. The van der Waals surface area contributed by atoms with E-state index in [9.17, 15) is 0 Å². The zero-order chi connectivity index (χ0) is 33.7. The summed E-state index contributed by atoms with van der Waals surface area (Å²) < 4.78 is 5.40. The summed E-state index contributed by atoms with van der Waals surface area (Å²) in [6, 6.07) is 60.0. The van der Waals surface area contributed by atoms with Gasteiger partial charge >= 0.3 is 0 Å². The fourth-order valence-electron chi connectivity index (χ4n) is 7.78. The van der Waals surface area contributed by atoms with Crippen molar-refractivity contribution in [3.05, 3.63) is 193 Å². The predicted octanol–water partition coefficient (Wildman–Crippen LogP) is 14.5. The Hall–Kier alpha value is -5.74. The van der Waals surface area contributed by atoms with Gasteiger partial charge in [-0.15, -0.1) is 22.7 Å². The molecule has 1 unspecified atom stereocenters. The molecule has 1 nitrogen and oxygen atoms in total. The van der Waals surface area contributed by atoms with Crippen LogP contribution in [-0.4, -0.2) is 0 Å². The van der Waals surface area contributed by atoms with Crippen molar-refractivity contribution in [1.29, 1.82) is 0 Å². The number of hydrogen-bond acceptors (Lipinski definition) is 3. The number of allylic oxidation sites excluding steroid dienone is 3. The quantitative estimate of drug-likeness (QED) is 0.168. The van der Waals surface area contributed by atoms with E-state index >= 15 is 0 Å². The number of thiophene rings is 2. The molecule has 0 amide bonds. The lowest BCUT2D eigenvalue weighted by atomic mass is 9.90. The molecule has 1 aliphatic rings. The Morgan fingerprint density at radius 1 is 0.471 bits per heavy atom. The Morgan fingerprint density at radius 3 is 1.80 bits per heavy atom. The second-order valence-electron chi connectivity index (χ2n) is 13.2. The maximum Gasteiger partial charge on any atom is 0.0467 e. The zero-order valence-electron chi connectivity index (χ0n) is 27.9. The van der Waals surface area contributed by atoms with Gasteiger partial charge in [0, 0.05) is 63.3 Å². The average molecular weight is 688 g/mol. The summed E-state index contributed by atoms with van der Waals surface area (Å²) in [4.78, 5) is 2.45. The Bertz CT molecular complexity index is 2800. The van der Waals surface area contributed by atoms with Gasteiger partial charge in [-0.25, -0.2) is 0 Å². The first-order valence-corrected chi connectivity index (χ1v) is 19.2. The van der Waals surface area contributed by atoms with Crippen molar-refractivity contribution in [3.63, 3.8) is 0 Å². The van der Waals surface area contributed by atoms with Crippen molar-refractivity contribution in [2.45, 2.75) is 12.3 Å². The summed E-state index contributed by atoms with van der Waals surface area (Å²) in [7, 11) is 0. The van der Waals surface area contributed by atoms with E-state index in [0.29, 0.717) is 0 Å². The third kappa shape index (κ3) is 5.29. The molecule has 7 aromatic carbocycles. The molecule has 51 heavy (non-hydrogen) atoms. The molecular weight excluding hydrogens is 655 g/mol. The molecular formula is C48H33NS2. The van der Waals surface area contributed by atoms with Crippen molar-refractivity contribution in [1.82, 2.24) is 0 Å². The van der Waals surface area contributed by atoms with Crippen LogP contribution in [0.2, 0.25) is 0 Å². The Kier molecular flexibility index (Phi) is 7.41. The van der Waals surface area contributed by atoms with Gasteiger partial charge in [0.15, 0.2) is 0 Å². The van der Waals surface area contributed by atoms with Gasteiger partial charge in [-0.2, -0.15) is 0 Å². The van der Waals surface area contributed by atoms with Gasteiger partial charge in [0.05, 0.1) is 0 Å². The molecule has 0 saturated heterocycles. The summed E-state index contributed by atoms with van der Waals surface area (Å²) in [5.74, 6) is 0.261. The van der Waals surface area contributed by atoms with Crippen molar-refractivity contribution >= 4 is 74.4 Å². The normalized spacial score (nSPS) is 14.4. The Labute approximate surface area is 305 Å². The summed E-state index contributed by atoms with van der Waals surface area (Å²) in [6.07, 6.45) is 8.15. The highest BCUT2D eigenvalue weighted by atomic mass is 32.1. The van der Waals surface area contributed by atoms with Crippen LogP contribution in [0.3, 0.4) is 0 Å². The Morgan fingerprint density at radius 2 is 1.04 bits per heavy atom. The number of rotatable bonds is 6. The summed E-state index contributed by atoms with van der Waals surface area (Å²) >= 11 is 3.81. The second kappa shape index (κ2) is 12.5. The minimum atomic E-state index is 0.261. The van der Waals surface area contributed by atoms with Crippen molar-refractivity contribution < 1.29 is 0 Å². The standard InChI is InChI=1S/C48H33NS2/c1-2-13-32(14-3-1)33-15-8-18-36(29-33)49(37-19-9-16-34(30-37)39-23-11-25-43-41-21-4-6-27-45(41)50-47(39)43)38-20-10-17-35(31-38)40-24-12-26-44-42-22-5-7-28-46(42)51-48(40)44/h1-16,18-31,35H,17H2. The van der Waals surface area contributed by atoms with Gasteiger partial charge in [-0.1, -0.05) is 140 Å². The molecule has 1 aliphatic carbocycles. The van der Waals surface area contributed by atoms with Crippen LogP contribution in [0.15, 0.2) is 188 Å². The number of benzene rings is 7. The fourth-order valence-corrected chi connectivity index (χ4v) is 10.3. The molecule has 2 heterocycles. The molecule has 0 saturated carbocycles. The molecule has 9 aromatic rings. The maximum atomic E-state index is 2.49. The lowest BCUT2D eigenvalue weighted by Gasteiger charge is -2.30. The Balaban J connectivity index is 1.13. The number of anilines is 2. The monoisotopic (exact) mass is 687 g/mol. The van der Waals surface area contributed by atoms with Gasteiger partial charge in [-0.3, -0.25) is 0 Å². The fraction of sp³-hybridized carbons (Fsp3) is 0.0417. The van der Waals surface area contributed by atoms with Crippen LogP contribution in [0.4, 0.5) is 11.4 Å². The molecule has 10 rings (SSSR count). The van der Waals surface area contributed by atoms with E-state index in [2.05, 4.69) is 187 Å². The first-order chi connectivity index (χ1) is 25.3. The molecule has 242 valence electrons. The van der Waals surface area contributed by atoms with E-state index in [1.54, 1.807) is 0 Å². The van der Waals surface area contributed by atoms with E-state index in [1.165, 1.54) is 73.9 Å². The average Bonchev–Trinajstić information content (AvgIpc) is 3.78. The molecule has 3 heteroatoms. The first kappa shape index (κ1) is 30.1. The van der Waals surface area contributed by atoms with E-state index in [4.69, 9.17) is 0 Å². The minimum Gasteiger partial charge on any atom is -0.311 e. The molecule has 0 fully saturated rings. The summed E-state index contributed by atoms with van der Waals surface area (Å²) in [5.41, 5.74) is 9.79. The predicted molar refractivity (Wildman–Crippen MR) is 223 cm³/mol. The number of nitrogens with zero attached hydrogens (tertiary/aromatic N) is 1. The van der Waals surface area contributed by atoms with Crippen LogP contribution < -0.4 is 4.90 Å². The molecule has 0 radical (unpaired) electrons. The summed E-state index contributed by atoms with van der Waals surface area (Å²) in [6.45, 7) is 0. The second-order valence-corrected chi connectivity index (χ2v) is 15.3. The number of hydrogen-bond donors (Lipinski definition) is 0. The van der Waals surface area contributed by atoms with Crippen molar-refractivity contribution in [2.75, 3.05) is 4.90 Å². The molecule has 0 N–H and O–H groups in total. The molecule has 0 spiro atoms. The van der Waals surface area contributed by atoms with Crippen LogP contribution in [-0.2, 0) is 0 Å². The SMILES string of the molecule is C1=CC(N(c2cccc(-c3ccccc3)c2)c2cccc(-c3cccc4c3sc3ccccc34)c2)=CC(c2cccc3c2sc2ccccc23)C1.